The molecule has 1 aromatic heterocycles. The molecule has 2 aromatic carbocycles. The maximum atomic E-state index is 12.3. The third kappa shape index (κ3) is 3.95. The van der Waals surface area contributed by atoms with Gasteiger partial charge in [0.1, 0.15) is 0 Å². The largest absolute Gasteiger partial charge is 0.464 e. The van der Waals surface area contributed by atoms with Crippen LogP contribution in [0.2, 0.25) is 0 Å². The molecule has 0 radical (unpaired) electrons. The Morgan fingerprint density at radius 3 is 2.21 bits per heavy atom. The second kappa shape index (κ2) is 7.06. The van der Waals surface area contributed by atoms with Crippen molar-refractivity contribution in [2.75, 3.05) is 19.6 Å². The lowest BCUT2D eigenvalue weighted by Crippen LogP contribution is -2.13. The molecule has 9 heteroatoms. The second-order valence-electron chi connectivity index (χ2n) is 6.60. The smallest absolute Gasteiger partial charge is 0.356 e. The van der Waals surface area contributed by atoms with Crippen LogP contribution in [-0.2, 0) is 30.6 Å². The van der Waals surface area contributed by atoms with Crippen LogP contribution in [0.4, 0.5) is 0 Å². The van der Waals surface area contributed by atoms with Crippen LogP contribution in [0.25, 0.3) is 10.9 Å². The van der Waals surface area contributed by atoms with E-state index in [1.807, 2.05) is 0 Å². The Kier molecular flexibility index (Phi) is 5.07. The summed E-state index contributed by atoms with van der Waals surface area (Å²) in [4.78, 5) is 13.1. The van der Waals surface area contributed by atoms with Crippen molar-refractivity contribution in [3.8, 4) is 0 Å². The molecule has 1 unspecified atom stereocenters. The summed E-state index contributed by atoms with van der Waals surface area (Å²) in [5.74, 6) is 3.09. The summed E-state index contributed by atoms with van der Waals surface area (Å²) in [6.07, 6.45) is 2.68. The van der Waals surface area contributed by atoms with Gasteiger partial charge in [0, 0.05) is 22.8 Å². The maximum absolute atomic E-state index is 12.3. The van der Waals surface area contributed by atoms with Crippen LogP contribution in [0.3, 0.4) is 0 Å². The van der Waals surface area contributed by atoms with Crippen LogP contribution in [0.1, 0.15) is 16.1 Å². The molecular formula is C19H20N2O5S2. The van der Waals surface area contributed by atoms with Gasteiger partial charge >= 0.3 is 5.97 Å². The summed E-state index contributed by atoms with van der Waals surface area (Å²) >= 11 is 0. The topological polar surface area (TPSA) is 95.3 Å². The monoisotopic (exact) mass is 420 g/mol. The summed E-state index contributed by atoms with van der Waals surface area (Å²) in [5, 5.41) is 4.91. The predicted octanol–water partition coefficient (Wildman–Crippen LogP) is 1.98. The van der Waals surface area contributed by atoms with E-state index >= 15 is 0 Å². The Balaban J connectivity index is 2.10. The highest BCUT2D eigenvalue weighted by molar-refractivity contribution is 7.99. The van der Waals surface area contributed by atoms with Gasteiger partial charge in [-0.2, -0.15) is 5.10 Å². The van der Waals surface area contributed by atoms with E-state index in [-0.39, 0.29) is 17.1 Å². The van der Waals surface area contributed by atoms with E-state index in [2.05, 4.69) is 11.0 Å². The van der Waals surface area contributed by atoms with Gasteiger partial charge in [-0.05, 0) is 51.3 Å². The molecule has 0 aliphatic carbocycles. The van der Waals surface area contributed by atoms with E-state index in [4.69, 9.17) is 4.74 Å². The molecule has 1 atom stereocenters. The number of esters is 1. The fourth-order valence-electron chi connectivity index (χ4n) is 2.83. The number of hydrogen-bond acceptors (Lipinski definition) is 6. The number of hydrogen-bond donors (Lipinski definition) is 0. The number of fused-ring (bicyclic) bond motifs is 1. The van der Waals surface area contributed by atoms with Crippen molar-refractivity contribution in [1.29, 1.82) is 0 Å². The Morgan fingerprint density at radius 1 is 1.07 bits per heavy atom. The minimum Gasteiger partial charge on any atom is -0.464 e. The molecule has 0 saturated carbocycles. The summed E-state index contributed by atoms with van der Waals surface area (Å²) in [6.45, 7) is 0.260. The molecule has 28 heavy (non-hydrogen) atoms. The quantitative estimate of drug-likeness (QED) is 0.463. The zero-order valence-electron chi connectivity index (χ0n) is 15.7. The van der Waals surface area contributed by atoms with E-state index in [0.29, 0.717) is 15.8 Å². The number of methoxy groups -OCH3 is 1. The zero-order chi connectivity index (χ0) is 20.7. The fraction of sp³-hybridized carbons (Fsp3) is 0.211. The van der Waals surface area contributed by atoms with Crippen LogP contribution < -0.4 is 0 Å². The molecule has 148 valence electrons. The molecule has 0 bridgehead atoms. The summed E-state index contributed by atoms with van der Waals surface area (Å²) in [6, 6.07) is 11.5. The first-order valence-electron chi connectivity index (χ1n) is 8.21. The molecule has 3 aromatic rings. The highest BCUT2D eigenvalue weighted by Crippen LogP contribution is 2.24. The van der Waals surface area contributed by atoms with Crippen molar-refractivity contribution < 1.29 is 22.2 Å². The van der Waals surface area contributed by atoms with Gasteiger partial charge in [0.25, 0.3) is 0 Å². The molecule has 0 spiro atoms. The Bertz CT molecular complexity index is 1270. The molecule has 1 heterocycles. The normalized spacial score (nSPS) is 14.0. The third-order valence-electron chi connectivity index (χ3n) is 4.27. The second-order valence-corrected chi connectivity index (χ2v) is 11.1. The van der Waals surface area contributed by atoms with Crippen LogP contribution in [0, 0.1) is 0 Å². The number of rotatable bonds is 5. The minimum absolute atomic E-state index is 0.124. The fourth-order valence-corrected chi connectivity index (χ4v) is 4.18. The third-order valence-corrected chi connectivity index (χ3v) is 6.65. The molecule has 0 N–H and O–H groups in total. The summed E-state index contributed by atoms with van der Waals surface area (Å²) in [5.41, 5.74) is 1.45. The van der Waals surface area contributed by atoms with Gasteiger partial charge in [-0.25, -0.2) is 13.2 Å². The van der Waals surface area contributed by atoms with Crippen molar-refractivity contribution in [1.82, 2.24) is 9.78 Å². The van der Waals surface area contributed by atoms with Crippen molar-refractivity contribution in [3.63, 3.8) is 0 Å². The molecule has 3 rings (SSSR count). The number of nitrogens with zero attached hydrogens (tertiary/aromatic N) is 2. The molecule has 0 aliphatic rings. The number of sulfone groups is 1. The first-order chi connectivity index (χ1) is 13.0. The first kappa shape index (κ1) is 20.1. The lowest BCUT2D eigenvalue weighted by molar-refractivity contribution is 0.0589. The predicted molar refractivity (Wildman–Crippen MR) is 109 cm³/mol. The Morgan fingerprint density at radius 2 is 1.68 bits per heavy atom. The SMILES string of the molecule is C=S(C)(=O)c1ccc(Cn2nc3cc(S(C)(=O)=O)ccc3c2C(=O)OC)cc1. The lowest BCUT2D eigenvalue weighted by Gasteiger charge is -2.08. The van der Waals surface area contributed by atoms with Crippen LogP contribution in [-0.4, -0.2) is 53.9 Å². The van der Waals surface area contributed by atoms with Crippen molar-refractivity contribution in [3.05, 3.63) is 53.7 Å². The standard InChI is InChI=1S/C19H20N2O5S2/c1-26-19(22)18-16-10-9-15(28(4,24)25)11-17(16)20-21(18)12-13-5-7-14(8-6-13)27(2,3)23/h5-11H,2,12H2,1,3-4H3. The summed E-state index contributed by atoms with van der Waals surface area (Å²) in [7, 11) is -4.44. The minimum atomic E-state index is -3.40. The van der Waals surface area contributed by atoms with Crippen LogP contribution >= 0.6 is 0 Å². The van der Waals surface area contributed by atoms with Gasteiger partial charge < -0.3 is 4.74 Å². The molecule has 0 amide bonds. The van der Waals surface area contributed by atoms with Gasteiger partial charge in [-0.1, -0.05) is 12.1 Å². The van der Waals surface area contributed by atoms with E-state index in [1.165, 1.54) is 23.9 Å². The van der Waals surface area contributed by atoms with Gasteiger partial charge in [-0.3, -0.25) is 8.89 Å². The van der Waals surface area contributed by atoms with E-state index in [9.17, 15) is 17.4 Å². The Labute approximate surface area is 163 Å². The maximum Gasteiger partial charge on any atom is 0.356 e. The van der Waals surface area contributed by atoms with E-state index < -0.39 is 25.3 Å². The van der Waals surface area contributed by atoms with E-state index in [0.717, 1.165) is 11.8 Å². The molecule has 0 fully saturated rings. The highest BCUT2D eigenvalue weighted by atomic mass is 32.2. The number of ether oxygens (including phenoxy) is 1. The number of aromatic nitrogens is 2. The average molecular weight is 421 g/mol. The zero-order valence-corrected chi connectivity index (χ0v) is 17.3. The van der Waals surface area contributed by atoms with Gasteiger partial charge in [-0.15, -0.1) is 0 Å². The van der Waals surface area contributed by atoms with Gasteiger partial charge in [0.2, 0.25) is 0 Å². The van der Waals surface area contributed by atoms with Crippen molar-refractivity contribution in [2.45, 2.75) is 16.3 Å². The average Bonchev–Trinajstić information content (AvgIpc) is 2.97. The number of benzene rings is 2. The molecule has 0 aliphatic heterocycles. The Hall–Kier alpha value is -2.65. The van der Waals surface area contributed by atoms with E-state index in [1.54, 1.807) is 36.6 Å². The van der Waals surface area contributed by atoms with Gasteiger partial charge in [0.15, 0.2) is 15.5 Å². The first-order valence-corrected chi connectivity index (χ1v) is 12.2. The van der Waals surface area contributed by atoms with Crippen molar-refractivity contribution in [2.24, 2.45) is 0 Å². The highest BCUT2D eigenvalue weighted by Gasteiger charge is 2.21. The lowest BCUT2D eigenvalue weighted by atomic mass is 10.2. The van der Waals surface area contributed by atoms with Crippen LogP contribution in [0.15, 0.2) is 52.3 Å². The molecular weight excluding hydrogens is 400 g/mol. The molecule has 0 saturated heterocycles. The summed E-state index contributed by atoms with van der Waals surface area (Å²) < 4.78 is 42.0. The van der Waals surface area contributed by atoms with Gasteiger partial charge in [0.05, 0.1) is 24.1 Å². The van der Waals surface area contributed by atoms with Crippen LogP contribution in [0.5, 0.6) is 0 Å². The van der Waals surface area contributed by atoms with Crippen molar-refractivity contribution >= 4 is 42.1 Å². The number of carbonyl (C=O) groups excluding carboxylic acids is 1. The number of carbonyl (C=O) groups is 1. The molecule has 7 nitrogen and oxygen atoms in total.